The summed E-state index contributed by atoms with van der Waals surface area (Å²) in [6.07, 6.45) is 1.71. The second-order valence-electron chi connectivity index (χ2n) is 6.58. The molecular weight excluding hydrogens is 453 g/mol. The van der Waals surface area contributed by atoms with E-state index in [2.05, 4.69) is 77.9 Å². The van der Waals surface area contributed by atoms with Gasteiger partial charge in [0.05, 0.1) is 5.69 Å². The first-order chi connectivity index (χ1) is 12.6. The fourth-order valence-corrected chi connectivity index (χ4v) is 2.92. The lowest BCUT2D eigenvalue weighted by Gasteiger charge is -2.14. The van der Waals surface area contributed by atoms with E-state index in [1.54, 1.807) is 7.05 Å². The molecule has 0 spiro atoms. The molecule has 0 aliphatic heterocycles. The quantitative estimate of drug-likeness (QED) is 0.341. The molecule has 1 heterocycles. The van der Waals surface area contributed by atoms with Gasteiger partial charge in [-0.05, 0) is 31.6 Å². The zero-order valence-electron chi connectivity index (χ0n) is 17.0. The Morgan fingerprint density at radius 3 is 2.44 bits per heavy atom. The molecule has 0 saturated heterocycles. The molecule has 2 N–H and O–H groups in total. The molecule has 0 fully saturated rings. The minimum absolute atomic E-state index is 0. The van der Waals surface area contributed by atoms with Crippen LogP contribution in [0, 0.1) is 0 Å². The Hall–Kier alpha value is -1.61. The van der Waals surface area contributed by atoms with E-state index in [1.165, 1.54) is 11.1 Å². The van der Waals surface area contributed by atoms with Crippen molar-refractivity contribution >= 4 is 29.9 Å². The van der Waals surface area contributed by atoms with Gasteiger partial charge >= 0.3 is 0 Å². The maximum absolute atomic E-state index is 5.42. The van der Waals surface area contributed by atoms with Gasteiger partial charge in [-0.25, -0.2) is 0 Å². The molecule has 1 aromatic carbocycles. The first-order valence-electron chi connectivity index (χ1n) is 9.20. The highest BCUT2D eigenvalue weighted by atomic mass is 127. The minimum atomic E-state index is 0. The van der Waals surface area contributed by atoms with Gasteiger partial charge < -0.3 is 20.1 Å². The number of aliphatic imine (C=N–C) groups is 1. The van der Waals surface area contributed by atoms with E-state index in [9.17, 15) is 0 Å². The van der Waals surface area contributed by atoms with Crippen molar-refractivity contribution < 1.29 is 4.52 Å². The van der Waals surface area contributed by atoms with Gasteiger partial charge in [0.1, 0.15) is 5.76 Å². The molecule has 6 nitrogen and oxygen atoms in total. The van der Waals surface area contributed by atoms with Crippen molar-refractivity contribution in [2.24, 2.45) is 4.99 Å². The summed E-state index contributed by atoms with van der Waals surface area (Å²) in [4.78, 5) is 6.49. The maximum Gasteiger partial charge on any atom is 0.191 e. The topological polar surface area (TPSA) is 65.7 Å². The van der Waals surface area contributed by atoms with Crippen LogP contribution in [-0.4, -0.2) is 37.2 Å². The summed E-state index contributed by atoms with van der Waals surface area (Å²) in [7, 11) is 5.94. The van der Waals surface area contributed by atoms with E-state index in [0.29, 0.717) is 6.54 Å². The lowest BCUT2D eigenvalue weighted by atomic mass is 10.1. The lowest BCUT2D eigenvalue weighted by Crippen LogP contribution is -2.36. The van der Waals surface area contributed by atoms with E-state index in [4.69, 9.17) is 4.52 Å². The fourth-order valence-electron chi connectivity index (χ4n) is 2.92. The second-order valence-corrected chi connectivity index (χ2v) is 6.58. The summed E-state index contributed by atoms with van der Waals surface area (Å²) in [5, 5.41) is 10.9. The molecular formula is C20H32IN5O. The number of rotatable bonds is 8. The van der Waals surface area contributed by atoms with E-state index in [-0.39, 0.29) is 24.0 Å². The highest BCUT2D eigenvalue weighted by Crippen LogP contribution is 2.15. The van der Waals surface area contributed by atoms with Crippen molar-refractivity contribution in [3.05, 3.63) is 52.4 Å². The first-order valence-corrected chi connectivity index (χ1v) is 9.20. The molecule has 0 unspecified atom stereocenters. The lowest BCUT2D eigenvalue weighted by molar-refractivity contribution is 0.380. The summed E-state index contributed by atoms with van der Waals surface area (Å²) in [5.41, 5.74) is 4.70. The van der Waals surface area contributed by atoms with Gasteiger partial charge in [0, 0.05) is 38.7 Å². The third-order valence-corrected chi connectivity index (χ3v) is 4.21. The van der Waals surface area contributed by atoms with Crippen LogP contribution in [0.5, 0.6) is 0 Å². The van der Waals surface area contributed by atoms with Crippen LogP contribution in [-0.2, 0) is 32.5 Å². The van der Waals surface area contributed by atoms with Crippen LogP contribution in [0.15, 0.2) is 33.8 Å². The molecule has 1 aromatic heterocycles. The molecule has 27 heavy (non-hydrogen) atoms. The summed E-state index contributed by atoms with van der Waals surface area (Å²) in [6.45, 7) is 6.50. The highest BCUT2D eigenvalue weighted by Gasteiger charge is 2.13. The van der Waals surface area contributed by atoms with Crippen molar-refractivity contribution in [1.82, 2.24) is 20.7 Å². The summed E-state index contributed by atoms with van der Waals surface area (Å²) >= 11 is 0. The summed E-state index contributed by atoms with van der Waals surface area (Å²) in [6, 6.07) is 8.61. The SMILES string of the molecule is CCc1noc(CC)c1CNC(=NC)NCc1cccc(CN(C)C)c1.I. The number of nitrogens with zero attached hydrogens (tertiary/aromatic N) is 3. The molecule has 0 bridgehead atoms. The molecule has 7 heteroatoms. The van der Waals surface area contributed by atoms with Crippen LogP contribution in [0.2, 0.25) is 0 Å². The summed E-state index contributed by atoms with van der Waals surface area (Å²) in [5.74, 6) is 1.72. The van der Waals surface area contributed by atoms with Crippen LogP contribution >= 0.6 is 24.0 Å². The number of hydrogen-bond donors (Lipinski definition) is 2. The van der Waals surface area contributed by atoms with E-state index in [0.717, 1.165) is 48.9 Å². The average Bonchev–Trinajstić information content (AvgIpc) is 3.03. The van der Waals surface area contributed by atoms with Gasteiger partial charge in [0.15, 0.2) is 5.96 Å². The molecule has 0 amide bonds. The van der Waals surface area contributed by atoms with Crippen LogP contribution in [0.3, 0.4) is 0 Å². The fraction of sp³-hybridized carbons (Fsp3) is 0.500. The number of benzene rings is 1. The van der Waals surface area contributed by atoms with Crippen molar-refractivity contribution in [3.8, 4) is 0 Å². The normalized spacial score (nSPS) is 11.4. The zero-order valence-corrected chi connectivity index (χ0v) is 19.3. The van der Waals surface area contributed by atoms with Crippen molar-refractivity contribution in [2.75, 3.05) is 21.1 Å². The van der Waals surface area contributed by atoms with Crippen molar-refractivity contribution in [2.45, 2.75) is 46.3 Å². The molecule has 2 rings (SSSR count). The van der Waals surface area contributed by atoms with E-state index in [1.807, 2.05) is 0 Å². The van der Waals surface area contributed by atoms with Crippen LogP contribution < -0.4 is 10.6 Å². The smallest absolute Gasteiger partial charge is 0.191 e. The first kappa shape index (κ1) is 23.4. The third-order valence-electron chi connectivity index (χ3n) is 4.21. The third kappa shape index (κ3) is 7.14. The Kier molecular flexibility index (Phi) is 10.4. The molecule has 2 aromatic rings. The molecule has 0 atom stereocenters. The van der Waals surface area contributed by atoms with Gasteiger partial charge in [-0.3, -0.25) is 4.99 Å². The number of aromatic nitrogens is 1. The van der Waals surface area contributed by atoms with Crippen molar-refractivity contribution in [1.29, 1.82) is 0 Å². The Morgan fingerprint density at radius 1 is 1.11 bits per heavy atom. The van der Waals surface area contributed by atoms with E-state index >= 15 is 0 Å². The van der Waals surface area contributed by atoms with Gasteiger partial charge in [0.2, 0.25) is 0 Å². The zero-order chi connectivity index (χ0) is 18.9. The highest BCUT2D eigenvalue weighted by molar-refractivity contribution is 14.0. The maximum atomic E-state index is 5.42. The van der Waals surface area contributed by atoms with Crippen molar-refractivity contribution in [3.63, 3.8) is 0 Å². The number of nitrogens with one attached hydrogen (secondary N) is 2. The van der Waals surface area contributed by atoms with Gasteiger partial charge in [-0.15, -0.1) is 24.0 Å². The second kappa shape index (κ2) is 12.0. The molecule has 0 saturated carbocycles. The van der Waals surface area contributed by atoms with Crippen LogP contribution in [0.4, 0.5) is 0 Å². The predicted molar refractivity (Wildman–Crippen MR) is 122 cm³/mol. The Morgan fingerprint density at radius 2 is 1.81 bits per heavy atom. The minimum Gasteiger partial charge on any atom is -0.361 e. The predicted octanol–water partition coefficient (Wildman–Crippen LogP) is 3.34. The standard InChI is InChI=1S/C20H31N5O.HI/c1-6-18-17(19(7-2)26-24-18)13-23-20(21-3)22-12-15-9-8-10-16(11-15)14-25(4)5;/h8-11H,6-7,12-14H2,1-5H3,(H2,21,22,23);1H. The van der Waals surface area contributed by atoms with Gasteiger partial charge in [0.25, 0.3) is 0 Å². The van der Waals surface area contributed by atoms with Crippen LogP contribution in [0.25, 0.3) is 0 Å². The Labute approximate surface area is 179 Å². The molecule has 150 valence electrons. The monoisotopic (exact) mass is 485 g/mol. The molecule has 0 aliphatic carbocycles. The number of guanidine groups is 1. The Balaban J connectivity index is 0.00000364. The largest absolute Gasteiger partial charge is 0.361 e. The number of hydrogen-bond acceptors (Lipinski definition) is 4. The van der Waals surface area contributed by atoms with E-state index < -0.39 is 0 Å². The number of aryl methyl sites for hydroxylation is 2. The van der Waals surface area contributed by atoms with Gasteiger partial charge in [-0.2, -0.15) is 0 Å². The Bertz CT molecular complexity index is 705. The van der Waals surface area contributed by atoms with Gasteiger partial charge in [-0.1, -0.05) is 43.3 Å². The summed E-state index contributed by atoms with van der Waals surface area (Å²) < 4.78 is 5.42. The number of halogens is 1. The molecule has 0 aliphatic rings. The average molecular weight is 485 g/mol. The van der Waals surface area contributed by atoms with Crippen LogP contribution in [0.1, 0.15) is 42.0 Å². The molecule has 0 radical (unpaired) electrons.